The van der Waals surface area contributed by atoms with Crippen LogP contribution in [0.1, 0.15) is 27.4 Å². The molecule has 2 aromatic heterocycles. The number of anilines is 1. The molecule has 0 aliphatic heterocycles. The molecule has 0 bridgehead atoms. The van der Waals surface area contributed by atoms with Crippen LogP contribution in [-0.2, 0) is 17.8 Å². The molecule has 9 heteroatoms. The van der Waals surface area contributed by atoms with Gasteiger partial charge in [0.25, 0.3) is 5.91 Å². The quantitative estimate of drug-likeness (QED) is 0.677. The van der Waals surface area contributed by atoms with Gasteiger partial charge in [0.2, 0.25) is 5.91 Å². The smallest absolute Gasteiger partial charge is 0.260 e. The Morgan fingerprint density at radius 2 is 2.07 bits per heavy atom. The lowest BCUT2D eigenvalue weighted by Gasteiger charge is -2.17. The van der Waals surface area contributed by atoms with Gasteiger partial charge in [-0.25, -0.2) is 13.8 Å². The van der Waals surface area contributed by atoms with Gasteiger partial charge in [0.05, 0.1) is 23.9 Å². The third kappa shape index (κ3) is 4.61. The van der Waals surface area contributed by atoms with Crippen LogP contribution in [0.15, 0.2) is 40.3 Å². The lowest BCUT2D eigenvalue weighted by Crippen LogP contribution is -2.28. The lowest BCUT2D eigenvalue weighted by molar-refractivity contribution is -0.129. The molecular formula is C19H17F2N3O3S. The number of hydrogen-bond donors (Lipinski definition) is 1. The second kappa shape index (κ2) is 8.30. The predicted molar refractivity (Wildman–Crippen MR) is 100 cm³/mol. The van der Waals surface area contributed by atoms with E-state index in [9.17, 15) is 18.4 Å². The summed E-state index contributed by atoms with van der Waals surface area (Å²) in [6.45, 7) is 1.69. The van der Waals surface area contributed by atoms with Crippen molar-refractivity contribution in [2.45, 2.75) is 19.9 Å². The van der Waals surface area contributed by atoms with Gasteiger partial charge in [-0.05, 0) is 19.1 Å². The average molecular weight is 405 g/mol. The zero-order valence-electron chi connectivity index (χ0n) is 15.2. The molecule has 1 N–H and O–H groups in total. The van der Waals surface area contributed by atoms with E-state index in [1.165, 1.54) is 35.6 Å². The molecule has 0 saturated carbocycles. The molecule has 0 saturated heterocycles. The molecule has 3 rings (SSSR count). The van der Waals surface area contributed by atoms with Gasteiger partial charge in [0.15, 0.2) is 5.13 Å². The van der Waals surface area contributed by atoms with Crippen molar-refractivity contribution in [3.05, 3.63) is 70.1 Å². The summed E-state index contributed by atoms with van der Waals surface area (Å²) in [5.41, 5.74) is 1.12. The highest BCUT2D eigenvalue weighted by Crippen LogP contribution is 2.19. The molecule has 28 heavy (non-hydrogen) atoms. The minimum Gasteiger partial charge on any atom is -0.469 e. The summed E-state index contributed by atoms with van der Waals surface area (Å²) in [6.07, 6.45) is 1.42. The highest BCUT2D eigenvalue weighted by atomic mass is 32.1. The van der Waals surface area contributed by atoms with Gasteiger partial charge in [0, 0.05) is 30.6 Å². The van der Waals surface area contributed by atoms with Crippen LogP contribution >= 0.6 is 11.3 Å². The van der Waals surface area contributed by atoms with Crippen LogP contribution in [0.2, 0.25) is 0 Å². The Bertz CT molecular complexity index is 1020. The zero-order chi connectivity index (χ0) is 20.3. The molecule has 146 valence electrons. The van der Waals surface area contributed by atoms with Gasteiger partial charge in [-0.15, -0.1) is 11.3 Å². The number of nitrogens with one attached hydrogen (secondary N) is 1. The first-order valence-electron chi connectivity index (χ1n) is 8.31. The van der Waals surface area contributed by atoms with Crippen molar-refractivity contribution >= 4 is 28.3 Å². The monoisotopic (exact) mass is 405 g/mol. The Morgan fingerprint density at radius 3 is 2.75 bits per heavy atom. The molecule has 0 radical (unpaired) electrons. The van der Waals surface area contributed by atoms with E-state index in [2.05, 4.69) is 10.3 Å². The summed E-state index contributed by atoms with van der Waals surface area (Å²) in [7, 11) is 1.53. The summed E-state index contributed by atoms with van der Waals surface area (Å²) >= 11 is 1.20. The maximum absolute atomic E-state index is 13.7. The number of hydrogen-bond acceptors (Lipinski definition) is 5. The number of carbonyl (C=O) groups excluding carboxylic acids is 2. The number of aromatic nitrogens is 1. The van der Waals surface area contributed by atoms with Crippen LogP contribution in [0.5, 0.6) is 0 Å². The number of carbonyl (C=O) groups is 2. The lowest BCUT2D eigenvalue weighted by atomic mass is 10.2. The van der Waals surface area contributed by atoms with Gasteiger partial charge in [0.1, 0.15) is 17.4 Å². The van der Waals surface area contributed by atoms with E-state index in [4.69, 9.17) is 4.42 Å². The van der Waals surface area contributed by atoms with Crippen LogP contribution in [0.4, 0.5) is 13.9 Å². The first-order valence-corrected chi connectivity index (χ1v) is 9.19. The Hall–Kier alpha value is -3.07. The van der Waals surface area contributed by atoms with Crippen LogP contribution in [-0.4, -0.2) is 28.7 Å². The molecule has 0 spiro atoms. The van der Waals surface area contributed by atoms with Crippen molar-refractivity contribution in [3.63, 3.8) is 0 Å². The second-order valence-corrected chi connectivity index (χ2v) is 7.01. The molecule has 0 atom stereocenters. The fourth-order valence-corrected chi connectivity index (χ4v) is 3.22. The molecule has 0 aliphatic carbocycles. The van der Waals surface area contributed by atoms with Crippen molar-refractivity contribution in [1.82, 2.24) is 9.88 Å². The standard InChI is InChI=1S/C19H17F2N3O3S/c1-11-15(5-6-27-11)18(26)23-19-22-14(10-28-19)8-17(25)24(2)9-12-3-4-13(20)7-16(12)21/h3-7,10H,8-9H2,1-2H3,(H,22,23,26). The van der Waals surface area contributed by atoms with E-state index >= 15 is 0 Å². The number of benzene rings is 1. The van der Waals surface area contributed by atoms with Crippen molar-refractivity contribution < 1.29 is 22.8 Å². The highest BCUT2D eigenvalue weighted by molar-refractivity contribution is 7.14. The third-order valence-electron chi connectivity index (χ3n) is 4.06. The van der Waals surface area contributed by atoms with Gasteiger partial charge in [-0.3, -0.25) is 14.9 Å². The van der Waals surface area contributed by atoms with Gasteiger partial charge in [-0.2, -0.15) is 0 Å². The number of likely N-dealkylation sites (N-methyl/N-ethyl adjacent to an activating group) is 1. The molecule has 6 nitrogen and oxygen atoms in total. The topological polar surface area (TPSA) is 75.4 Å². The first-order chi connectivity index (χ1) is 13.3. The van der Waals surface area contributed by atoms with Gasteiger partial charge in [-0.1, -0.05) is 6.07 Å². The maximum atomic E-state index is 13.7. The van der Waals surface area contributed by atoms with Gasteiger partial charge >= 0.3 is 0 Å². The second-order valence-electron chi connectivity index (χ2n) is 6.15. The molecule has 0 unspecified atom stereocenters. The Kier molecular flexibility index (Phi) is 5.84. The first kappa shape index (κ1) is 19.7. The largest absolute Gasteiger partial charge is 0.469 e. The minimum atomic E-state index is -0.701. The summed E-state index contributed by atoms with van der Waals surface area (Å²) in [6, 6.07) is 4.80. The fraction of sp³-hybridized carbons (Fsp3) is 0.211. The van der Waals surface area contributed by atoms with Crippen molar-refractivity contribution in [1.29, 1.82) is 0 Å². The molecule has 0 fully saturated rings. The van der Waals surface area contributed by atoms with E-state index in [-0.39, 0.29) is 30.3 Å². The Balaban J connectivity index is 1.58. The molecule has 2 amide bonds. The SMILES string of the molecule is Cc1occc1C(=O)Nc1nc(CC(=O)N(C)Cc2ccc(F)cc2F)cs1. The van der Waals surface area contributed by atoms with Crippen LogP contribution in [0, 0.1) is 18.6 Å². The third-order valence-corrected chi connectivity index (χ3v) is 4.86. The van der Waals surface area contributed by atoms with E-state index in [0.717, 1.165) is 12.1 Å². The van der Waals surface area contributed by atoms with E-state index in [1.807, 2.05) is 0 Å². The summed E-state index contributed by atoms with van der Waals surface area (Å²) in [4.78, 5) is 30.1. The minimum absolute atomic E-state index is 0.00355. The summed E-state index contributed by atoms with van der Waals surface area (Å²) in [5, 5.41) is 4.69. The number of amides is 2. The van der Waals surface area contributed by atoms with Crippen LogP contribution < -0.4 is 5.32 Å². The highest BCUT2D eigenvalue weighted by Gasteiger charge is 2.17. The number of rotatable bonds is 6. The van der Waals surface area contributed by atoms with Crippen molar-refractivity contribution in [2.75, 3.05) is 12.4 Å². The summed E-state index contributed by atoms with van der Waals surface area (Å²) < 4.78 is 31.8. The Morgan fingerprint density at radius 1 is 1.29 bits per heavy atom. The molecule has 0 aliphatic rings. The van der Waals surface area contributed by atoms with E-state index in [0.29, 0.717) is 22.1 Å². The molecule has 2 heterocycles. The normalized spacial score (nSPS) is 10.7. The number of thiazole rings is 1. The van der Waals surface area contributed by atoms with Crippen molar-refractivity contribution in [2.24, 2.45) is 0 Å². The zero-order valence-corrected chi connectivity index (χ0v) is 16.0. The van der Waals surface area contributed by atoms with Crippen LogP contribution in [0.3, 0.4) is 0 Å². The predicted octanol–water partition coefficient (Wildman–Crippen LogP) is 3.78. The summed E-state index contributed by atoms with van der Waals surface area (Å²) in [5.74, 6) is -1.50. The number of aryl methyl sites for hydroxylation is 1. The molecule has 1 aromatic carbocycles. The number of halogens is 2. The maximum Gasteiger partial charge on any atom is 0.260 e. The van der Waals surface area contributed by atoms with Gasteiger partial charge < -0.3 is 9.32 Å². The van der Waals surface area contributed by atoms with E-state index in [1.54, 1.807) is 18.4 Å². The van der Waals surface area contributed by atoms with Crippen LogP contribution in [0.25, 0.3) is 0 Å². The van der Waals surface area contributed by atoms with Crippen molar-refractivity contribution in [3.8, 4) is 0 Å². The average Bonchev–Trinajstić information content (AvgIpc) is 3.26. The Labute approximate surface area is 163 Å². The number of furan rings is 1. The fourth-order valence-electron chi connectivity index (χ4n) is 2.51. The molecule has 3 aromatic rings. The number of nitrogens with zero attached hydrogens (tertiary/aromatic N) is 2. The van der Waals surface area contributed by atoms with E-state index < -0.39 is 11.6 Å². The molecular weight excluding hydrogens is 388 g/mol.